The summed E-state index contributed by atoms with van der Waals surface area (Å²) in [6.07, 6.45) is 1.48. The minimum atomic E-state index is -0.306. The number of rotatable bonds is 6. The van der Waals surface area contributed by atoms with Gasteiger partial charge in [-0.3, -0.25) is 9.78 Å². The molecule has 1 aromatic heterocycles. The first-order valence-electron chi connectivity index (χ1n) is 7.95. The number of nitrogens with zero attached hydrogens (tertiary/aromatic N) is 3. The lowest BCUT2D eigenvalue weighted by atomic mass is 10.3. The van der Waals surface area contributed by atoms with Crippen LogP contribution in [0.3, 0.4) is 0 Å². The lowest BCUT2D eigenvalue weighted by Gasteiger charge is -2.18. The van der Waals surface area contributed by atoms with E-state index in [4.69, 9.17) is 16.3 Å². The molecule has 0 radical (unpaired) electrons. The van der Waals surface area contributed by atoms with Crippen molar-refractivity contribution in [2.24, 2.45) is 0 Å². The summed E-state index contributed by atoms with van der Waals surface area (Å²) in [5, 5.41) is 3.37. The second-order valence-corrected chi connectivity index (χ2v) is 6.22. The molecule has 1 heterocycles. The van der Waals surface area contributed by atoms with Crippen molar-refractivity contribution >= 4 is 29.2 Å². The van der Waals surface area contributed by atoms with E-state index in [1.54, 1.807) is 51.5 Å². The number of anilines is 1. The minimum Gasteiger partial charge on any atom is -0.492 e. The highest BCUT2D eigenvalue weighted by atomic mass is 35.5. The number of halogens is 1. The highest BCUT2D eigenvalue weighted by molar-refractivity contribution is 6.30. The third-order valence-electron chi connectivity index (χ3n) is 3.49. The van der Waals surface area contributed by atoms with Gasteiger partial charge < -0.3 is 19.9 Å². The number of benzene rings is 1. The highest BCUT2D eigenvalue weighted by Gasteiger charge is 2.13. The van der Waals surface area contributed by atoms with E-state index in [0.29, 0.717) is 29.6 Å². The zero-order valence-electron chi connectivity index (χ0n) is 14.9. The molecule has 0 atom stereocenters. The Morgan fingerprint density at radius 2 is 1.85 bits per heavy atom. The Bertz CT molecular complexity index is 765. The van der Waals surface area contributed by atoms with E-state index < -0.39 is 0 Å². The fraction of sp³-hybridized carbons (Fsp3) is 0.278. The molecule has 0 saturated carbocycles. The number of urea groups is 1. The predicted molar refractivity (Wildman–Crippen MR) is 101 cm³/mol. The van der Waals surface area contributed by atoms with Crippen molar-refractivity contribution in [3.63, 3.8) is 0 Å². The number of likely N-dealkylation sites (N-methyl/N-ethyl adjacent to an activating group) is 1. The summed E-state index contributed by atoms with van der Waals surface area (Å²) >= 11 is 5.82. The molecule has 2 rings (SSSR count). The molecule has 0 aliphatic rings. The van der Waals surface area contributed by atoms with Gasteiger partial charge in [-0.1, -0.05) is 11.6 Å². The van der Waals surface area contributed by atoms with E-state index in [1.807, 2.05) is 0 Å². The van der Waals surface area contributed by atoms with Gasteiger partial charge in [-0.05, 0) is 36.4 Å². The Labute approximate surface area is 157 Å². The van der Waals surface area contributed by atoms with Crippen LogP contribution >= 0.6 is 11.6 Å². The molecule has 138 valence electrons. The van der Waals surface area contributed by atoms with E-state index >= 15 is 0 Å². The van der Waals surface area contributed by atoms with Crippen LogP contribution in [0.25, 0.3) is 0 Å². The van der Waals surface area contributed by atoms with Crippen molar-refractivity contribution < 1.29 is 14.3 Å². The third-order valence-corrected chi connectivity index (χ3v) is 3.74. The fourth-order valence-corrected chi connectivity index (χ4v) is 2.13. The van der Waals surface area contributed by atoms with Gasteiger partial charge in [0.05, 0.1) is 6.54 Å². The molecule has 0 fully saturated rings. The molecule has 8 heteroatoms. The maximum atomic E-state index is 12.2. The number of nitrogens with one attached hydrogen (secondary N) is 1. The van der Waals surface area contributed by atoms with E-state index in [0.717, 1.165) is 0 Å². The second kappa shape index (κ2) is 9.05. The molecule has 7 nitrogen and oxygen atoms in total. The molecule has 0 aliphatic heterocycles. The monoisotopic (exact) mass is 376 g/mol. The molecule has 1 N–H and O–H groups in total. The number of aromatic nitrogens is 1. The van der Waals surface area contributed by atoms with Gasteiger partial charge in [-0.2, -0.15) is 0 Å². The Balaban J connectivity index is 1.85. The average Bonchev–Trinajstić information content (AvgIpc) is 2.62. The molecule has 0 spiro atoms. The normalized spacial score (nSPS) is 10.2. The van der Waals surface area contributed by atoms with Crippen LogP contribution in [0.2, 0.25) is 5.02 Å². The van der Waals surface area contributed by atoms with Gasteiger partial charge in [0, 0.05) is 38.0 Å². The van der Waals surface area contributed by atoms with Gasteiger partial charge in [0.15, 0.2) is 0 Å². The van der Waals surface area contributed by atoms with Crippen LogP contribution in [-0.2, 0) is 0 Å². The zero-order chi connectivity index (χ0) is 19.1. The summed E-state index contributed by atoms with van der Waals surface area (Å²) in [4.78, 5) is 31.1. The van der Waals surface area contributed by atoms with Crippen molar-refractivity contribution in [3.05, 3.63) is 53.3 Å². The Hall–Kier alpha value is -2.80. The first-order chi connectivity index (χ1) is 12.4. The van der Waals surface area contributed by atoms with E-state index in [1.165, 1.54) is 22.1 Å². The standard InChI is InChI=1S/C18H21ClN4O3/c1-22(2)17(24)16-12-14(8-9-20-16)21-18(25)23(3)10-11-26-15-6-4-13(19)5-7-15/h4-9,12H,10-11H2,1-3H3,(H,20,21,25). The smallest absolute Gasteiger partial charge is 0.321 e. The van der Waals surface area contributed by atoms with Crippen molar-refractivity contribution in [1.82, 2.24) is 14.8 Å². The number of hydrogen-bond donors (Lipinski definition) is 1. The van der Waals surface area contributed by atoms with Crippen LogP contribution < -0.4 is 10.1 Å². The summed E-state index contributed by atoms with van der Waals surface area (Å²) in [7, 11) is 4.95. The predicted octanol–water partition coefficient (Wildman–Crippen LogP) is 2.98. The first-order valence-corrected chi connectivity index (χ1v) is 8.33. The van der Waals surface area contributed by atoms with Crippen LogP contribution in [0.5, 0.6) is 5.75 Å². The molecule has 26 heavy (non-hydrogen) atoms. The van der Waals surface area contributed by atoms with E-state index in [-0.39, 0.29) is 17.6 Å². The molecule has 0 saturated heterocycles. The molecule has 0 bridgehead atoms. The van der Waals surface area contributed by atoms with Crippen molar-refractivity contribution in [2.75, 3.05) is 39.6 Å². The topological polar surface area (TPSA) is 74.8 Å². The van der Waals surface area contributed by atoms with Crippen LogP contribution in [0.15, 0.2) is 42.6 Å². The van der Waals surface area contributed by atoms with E-state index in [9.17, 15) is 9.59 Å². The number of carbonyl (C=O) groups excluding carboxylic acids is 2. The van der Waals surface area contributed by atoms with Crippen molar-refractivity contribution in [3.8, 4) is 5.75 Å². The summed E-state index contributed by atoms with van der Waals surface area (Å²) in [6, 6.07) is 9.87. The number of ether oxygens (including phenoxy) is 1. The maximum absolute atomic E-state index is 12.2. The SMILES string of the molecule is CN(C)C(=O)c1cc(NC(=O)N(C)CCOc2ccc(Cl)cc2)ccn1. The van der Waals surface area contributed by atoms with Gasteiger partial charge in [0.25, 0.3) is 5.91 Å². The van der Waals surface area contributed by atoms with Crippen LogP contribution in [-0.4, -0.2) is 61.0 Å². The summed E-state index contributed by atoms with van der Waals surface area (Å²) in [6.45, 7) is 0.731. The Kier molecular flexibility index (Phi) is 6.80. The Morgan fingerprint density at radius 3 is 2.50 bits per heavy atom. The lowest BCUT2D eigenvalue weighted by Crippen LogP contribution is -2.34. The number of carbonyl (C=O) groups is 2. The summed E-state index contributed by atoms with van der Waals surface area (Å²) in [5.74, 6) is 0.454. The maximum Gasteiger partial charge on any atom is 0.321 e. The third kappa shape index (κ3) is 5.63. The number of amides is 3. The second-order valence-electron chi connectivity index (χ2n) is 5.78. The van der Waals surface area contributed by atoms with Gasteiger partial charge in [0.1, 0.15) is 18.1 Å². The zero-order valence-corrected chi connectivity index (χ0v) is 15.7. The molecular formula is C18H21ClN4O3. The average molecular weight is 377 g/mol. The van der Waals surface area contributed by atoms with Gasteiger partial charge in [-0.25, -0.2) is 4.79 Å². The van der Waals surface area contributed by atoms with Crippen molar-refractivity contribution in [2.45, 2.75) is 0 Å². The summed E-state index contributed by atoms with van der Waals surface area (Å²) < 4.78 is 5.57. The van der Waals surface area contributed by atoms with Crippen LogP contribution in [0, 0.1) is 0 Å². The van der Waals surface area contributed by atoms with Crippen LogP contribution in [0.4, 0.5) is 10.5 Å². The molecule has 0 aliphatic carbocycles. The van der Waals surface area contributed by atoms with Crippen molar-refractivity contribution in [1.29, 1.82) is 0 Å². The molecular weight excluding hydrogens is 356 g/mol. The highest BCUT2D eigenvalue weighted by Crippen LogP contribution is 2.15. The molecule has 0 unspecified atom stereocenters. The molecule has 3 amide bonds. The molecule has 1 aromatic carbocycles. The van der Waals surface area contributed by atoms with E-state index in [2.05, 4.69) is 10.3 Å². The van der Waals surface area contributed by atoms with Crippen LogP contribution in [0.1, 0.15) is 10.5 Å². The van der Waals surface area contributed by atoms with Gasteiger partial charge in [0.2, 0.25) is 0 Å². The summed E-state index contributed by atoms with van der Waals surface area (Å²) in [5.41, 5.74) is 0.766. The quantitative estimate of drug-likeness (QED) is 0.841. The largest absolute Gasteiger partial charge is 0.492 e. The first kappa shape index (κ1) is 19.5. The molecule has 2 aromatic rings. The fourth-order valence-electron chi connectivity index (χ4n) is 2.01. The van der Waals surface area contributed by atoms with Gasteiger partial charge >= 0.3 is 6.03 Å². The minimum absolute atomic E-state index is 0.231. The lowest BCUT2D eigenvalue weighted by molar-refractivity contribution is 0.0822. The number of hydrogen-bond acceptors (Lipinski definition) is 4. The van der Waals surface area contributed by atoms with Gasteiger partial charge in [-0.15, -0.1) is 0 Å². The number of pyridine rings is 1. The Morgan fingerprint density at radius 1 is 1.15 bits per heavy atom.